The summed E-state index contributed by atoms with van der Waals surface area (Å²) < 4.78 is 1.05. The molecule has 0 saturated carbocycles. The minimum Gasteiger partial charge on any atom is -0.330 e. The maximum absolute atomic E-state index is 13.0. The molecule has 1 fully saturated rings. The number of benzene rings is 1. The first kappa shape index (κ1) is 15.3. The van der Waals surface area contributed by atoms with Crippen molar-refractivity contribution in [1.82, 2.24) is 14.9 Å². The number of pyridine rings is 2. The predicted molar refractivity (Wildman–Crippen MR) is 96.7 cm³/mol. The second-order valence-electron chi connectivity index (χ2n) is 5.97. The fourth-order valence-electron chi connectivity index (χ4n) is 3.27. The Balaban J connectivity index is 1.65. The van der Waals surface area contributed by atoms with E-state index in [1.54, 1.807) is 18.5 Å². The Labute approximate surface area is 148 Å². The highest BCUT2D eigenvalue weighted by molar-refractivity contribution is 9.10. The molecule has 0 aliphatic carbocycles. The number of halogens is 1. The summed E-state index contributed by atoms with van der Waals surface area (Å²) in [4.78, 5) is 23.5. The summed E-state index contributed by atoms with van der Waals surface area (Å²) in [5.41, 5.74) is 2.47. The van der Waals surface area contributed by atoms with Crippen molar-refractivity contribution in [3.63, 3.8) is 0 Å². The molecule has 0 spiro atoms. The molecular weight excluding hydrogens is 366 g/mol. The van der Waals surface area contributed by atoms with Gasteiger partial charge in [-0.05, 0) is 48.7 Å². The molecule has 1 atom stereocenters. The van der Waals surface area contributed by atoms with Crippen molar-refractivity contribution in [2.75, 3.05) is 6.54 Å². The van der Waals surface area contributed by atoms with Crippen molar-refractivity contribution >= 4 is 32.7 Å². The number of aromatic nitrogens is 2. The van der Waals surface area contributed by atoms with Gasteiger partial charge in [0.05, 0.1) is 11.6 Å². The van der Waals surface area contributed by atoms with Crippen LogP contribution in [0.25, 0.3) is 10.9 Å². The van der Waals surface area contributed by atoms with Gasteiger partial charge in [-0.3, -0.25) is 9.78 Å². The Morgan fingerprint density at radius 1 is 1.12 bits per heavy atom. The van der Waals surface area contributed by atoms with E-state index in [0.29, 0.717) is 5.69 Å². The van der Waals surface area contributed by atoms with Crippen LogP contribution in [0.4, 0.5) is 0 Å². The number of likely N-dealkylation sites (tertiary alicyclic amines) is 1. The lowest BCUT2D eigenvalue weighted by atomic mass is 10.0. The fraction of sp³-hybridized carbons (Fsp3) is 0.211. The molecule has 1 aliphatic rings. The molecule has 3 heterocycles. The van der Waals surface area contributed by atoms with E-state index in [2.05, 4.69) is 38.0 Å². The molecule has 0 N–H and O–H groups in total. The van der Waals surface area contributed by atoms with Crippen LogP contribution in [0, 0.1) is 0 Å². The number of carbonyl (C=O) groups is 1. The van der Waals surface area contributed by atoms with E-state index in [9.17, 15) is 4.79 Å². The number of rotatable bonds is 2. The second kappa shape index (κ2) is 6.32. The third-order valence-corrected chi connectivity index (χ3v) is 5.01. The second-order valence-corrected chi connectivity index (χ2v) is 6.89. The molecule has 0 bridgehead atoms. The van der Waals surface area contributed by atoms with E-state index in [-0.39, 0.29) is 11.9 Å². The molecule has 0 radical (unpaired) electrons. The van der Waals surface area contributed by atoms with Crippen LogP contribution in [0.2, 0.25) is 0 Å². The first-order chi connectivity index (χ1) is 11.7. The molecule has 1 aliphatic heterocycles. The van der Waals surface area contributed by atoms with Crippen LogP contribution in [0.1, 0.15) is 34.9 Å². The molecule has 4 nitrogen and oxygen atoms in total. The standard InChI is InChI=1S/C19H16BrN3O/c20-15-6-3-13(4-7-15)18-2-1-11-23(18)19(24)17-8-5-14-12-21-10-9-16(14)22-17/h3-10,12,18H,1-2,11H2/t18-/m0/s1. The molecular formula is C19H16BrN3O. The minimum absolute atomic E-state index is 0.000805. The quantitative estimate of drug-likeness (QED) is 0.661. The van der Waals surface area contributed by atoms with Crippen LogP contribution in [-0.2, 0) is 0 Å². The van der Waals surface area contributed by atoms with Gasteiger partial charge in [0.15, 0.2) is 0 Å². The van der Waals surface area contributed by atoms with Gasteiger partial charge < -0.3 is 4.90 Å². The average molecular weight is 382 g/mol. The van der Waals surface area contributed by atoms with Crippen LogP contribution < -0.4 is 0 Å². The number of fused-ring (bicyclic) bond motifs is 1. The van der Waals surface area contributed by atoms with E-state index < -0.39 is 0 Å². The summed E-state index contributed by atoms with van der Waals surface area (Å²) in [5, 5.41) is 0.944. The first-order valence-electron chi connectivity index (χ1n) is 7.99. The van der Waals surface area contributed by atoms with E-state index in [1.165, 1.54) is 5.56 Å². The third-order valence-electron chi connectivity index (χ3n) is 4.48. The van der Waals surface area contributed by atoms with E-state index >= 15 is 0 Å². The van der Waals surface area contributed by atoms with Gasteiger partial charge in [0.2, 0.25) is 0 Å². The summed E-state index contributed by atoms with van der Waals surface area (Å²) in [6.07, 6.45) is 5.47. The maximum atomic E-state index is 13.0. The molecule has 24 heavy (non-hydrogen) atoms. The minimum atomic E-state index is -0.000805. The number of carbonyl (C=O) groups excluding carboxylic acids is 1. The molecule has 4 rings (SSSR count). The van der Waals surface area contributed by atoms with Crippen molar-refractivity contribution in [2.24, 2.45) is 0 Å². The van der Waals surface area contributed by atoms with Gasteiger partial charge in [-0.15, -0.1) is 0 Å². The molecule has 2 aromatic heterocycles. The van der Waals surface area contributed by atoms with Crippen LogP contribution in [0.5, 0.6) is 0 Å². The normalized spacial score (nSPS) is 17.4. The lowest BCUT2D eigenvalue weighted by Gasteiger charge is -2.25. The lowest BCUT2D eigenvalue weighted by molar-refractivity contribution is 0.0730. The lowest BCUT2D eigenvalue weighted by Crippen LogP contribution is -2.31. The van der Waals surface area contributed by atoms with Gasteiger partial charge in [-0.25, -0.2) is 4.98 Å². The van der Waals surface area contributed by atoms with Crippen molar-refractivity contribution in [3.05, 3.63) is 70.6 Å². The highest BCUT2D eigenvalue weighted by Crippen LogP contribution is 2.33. The smallest absolute Gasteiger partial charge is 0.272 e. The molecule has 0 unspecified atom stereocenters. The predicted octanol–water partition coefficient (Wildman–Crippen LogP) is 4.37. The summed E-state index contributed by atoms with van der Waals surface area (Å²) in [5.74, 6) is -0.000805. The van der Waals surface area contributed by atoms with Crippen LogP contribution >= 0.6 is 15.9 Å². The van der Waals surface area contributed by atoms with Crippen LogP contribution in [0.3, 0.4) is 0 Å². The van der Waals surface area contributed by atoms with E-state index in [4.69, 9.17) is 0 Å². The Morgan fingerprint density at radius 2 is 1.96 bits per heavy atom. The zero-order valence-electron chi connectivity index (χ0n) is 13.0. The zero-order valence-corrected chi connectivity index (χ0v) is 14.6. The highest BCUT2D eigenvalue weighted by atomic mass is 79.9. The van der Waals surface area contributed by atoms with Crippen molar-refractivity contribution in [2.45, 2.75) is 18.9 Å². The van der Waals surface area contributed by atoms with Crippen molar-refractivity contribution in [3.8, 4) is 0 Å². The number of amides is 1. The molecule has 1 amide bonds. The van der Waals surface area contributed by atoms with Gasteiger partial charge in [0, 0.05) is 28.8 Å². The van der Waals surface area contributed by atoms with Crippen LogP contribution in [-0.4, -0.2) is 27.3 Å². The number of nitrogens with zero attached hydrogens (tertiary/aromatic N) is 3. The Hall–Kier alpha value is -2.27. The van der Waals surface area contributed by atoms with Gasteiger partial charge in [0.1, 0.15) is 5.69 Å². The largest absolute Gasteiger partial charge is 0.330 e. The van der Waals surface area contributed by atoms with Gasteiger partial charge in [-0.2, -0.15) is 0 Å². The van der Waals surface area contributed by atoms with E-state index in [1.807, 2.05) is 29.2 Å². The molecule has 5 heteroatoms. The van der Waals surface area contributed by atoms with Crippen molar-refractivity contribution in [1.29, 1.82) is 0 Å². The fourth-order valence-corrected chi connectivity index (χ4v) is 3.54. The Morgan fingerprint density at radius 3 is 2.79 bits per heavy atom. The average Bonchev–Trinajstić information content (AvgIpc) is 3.11. The Bertz CT molecular complexity index is 895. The van der Waals surface area contributed by atoms with Crippen molar-refractivity contribution < 1.29 is 4.79 Å². The summed E-state index contributed by atoms with van der Waals surface area (Å²) in [7, 11) is 0. The third kappa shape index (κ3) is 2.80. The first-order valence-corrected chi connectivity index (χ1v) is 8.79. The van der Waals surface area contributed by atoms with Gasteiger partial charge >= 0.3 is 0 Å². The number of hydrogen-bond acceptors (Lipinski definition) is 3. The summed E-state index contributed by atoms with van der Waals surface area (Å²) in [6, 6.07) is 13.9. The van der Waals surface area contributed by atoms with Crippen LogP contribution in [0.15, 0.2) is 59.3 Å². The van der Waals surface area contributed by atoms with Gasteiger partial charge in [0.25, 0.3) is 5.91 Å². The molecule has 1 aromatic carbocycles. The van der Waals surface area contributed by atoms with Gasteiger partial charge in [-0.1, -0.05) is 28.1 Å². The zero-order chi connectivity index (χ0) is 16.5. The molecule has 120 valence electrons. The highest BCUT2D eigenvalue weighted by Gasteiger charge is 2.31. The summed E-state index contributed by atoms with van der Waals surface area (Å²) >= 11 is 3.46. The maximum Gasteiger partial charge on any atom is 0.272 e. The molecule has 3 aromatic rings. The van der Waals surface area contributed by atoms with E-state index in [0.717, 1.165) is 34.8 Å². The number of hydrogen-bond donors (Lipinski definition) is 0. The SMILES string of the molecule is O=C(c1ccc2cnccc2n1)N1CCC[C@H]1c1ccc(Br)cc1. The topological polar surface area (TPSA) is 46.1 Å². The molecule has 1 saturated heterocycles. The monoisotopic (exact) mass is 381 g/mol. The summed E-state index contributed by atoms with van der Waals surface area (Å²) in [6.45, 7) is 0.773. The Kier molecular flexibility index (Phi) is 4.02.